The standard InChI is InChI=1S/C32H27F9O8/c1-20(48-25(43)28(45-2,31(36,37)38)22-15-9-5-10-16-22)27(30(33,34)35,24(42)47-19-21-13-7-4-8-14-21)49-26(44)29(46-3,32(39,40)41)23-17-11-6-12-18-23/h4-18,20H,19H2,1-3H3/t20-,27+,28?,29?/m0/s1. The molecule has 0 bridgehead atoms. The number of carbonyl (C=O) groups excluding carboxylic acids is 3. The van der Waals surface area contributed by atoms with Gasteiger partial charge in [0.2, 0.25) is 0 Å². The predicted molar refractivity (Wildman–Crippen MR) is 149 cm³/mol. The Hall–Kier alpha value is -4.64. The molecule has 0 saturated carbocycles. The van der Waals surface area contributed by atoms with Gasteiger partial charge in [0.25, 0.3) is 11.2 Å². The van der Waals surface area contributed by atoms with Crippen LogP contribution in [0, 0.1) is 0 Å². The highest BCUT2D eigenvalue weighted by molar-refractivity contribution is 5.90. The molecule has 0 spiro atoms. The lowest BCUT2D eigenvalue weighted by Gasteiger charge is -2.41. The molecule has 2 unspecified atom stereocenters. The molecular weight excluding hydrogens is 683 g/mol. The lowest BCUT2D eigenvalue weighted by Crippen LogP contribution is -2.67. The molecule has 266 valence electrons. The summed E-state index contributed by atoms with van der Waals surface area (Å²) in [6.45, 7) is -0.827. The number of hydrogen-bond donors (Lipinski definition) is 0. The highest BCUT2D eigenvalue weighted by atomic mass is 19.4. The van der Waals surface area contributed by atoms with Crippen molar-refractivity contribution >= 4 is 17.9 Å². The van der Waals surface area contributed by atoms with Crippen LogP contribution < -0.4 is 0 Å². The number of benzene rings is 3. The summed E-state index contributed by atoms with van der Waals surface area (Å²) >= 11 is 0. The number of hydrogen-bond acceptors (Lipinski definition) is 8. The second kappa shape index (κ2) is 14.5. The molecular formula is C32H27F9O8. The van der Waals surface area contributed by atoms with Gasteiger partial charge in [-0.05, 0) is 12.5 Å². The van der Waals surface area contributed by atoms with Crippen LogP contribution in [0.4, 0.5) is 39.5 Å². The van der Waals surface area contributed by atoms with Crippen molar-refractivity contribution in [1.29, 1.82) is 0 Å². The maximum absolute atomic E-state index is 15.2. The average molecular weight is 711 g/mol. The van der Waals surface area contributed by atoms with Crippen LogP contribution in [0.15, 0.2) is 91.0 Å². The van der Waals surface area contributed by atoms with Crippen molar-refractivity contribution in [2.24, 2.45) is 0 Å². The van der Waals surface area contributed by atoms with Crippen molar-refractivity contribution in [3.05, 3.63) is 108 Å². The summed E-state index contributed by atoms with van der Waals surface area (Å²) in [5, 5.41) is 0. The lowest BCUT2D eigenvalue weighted by atomic mass is 9.90. The number of alkyl halides is 9. The Labute approximate surface area is 272 Å². The molecule has 0 amide bonds. The highest BCUT2D eigenvalue weighted by Crippen LogP contribution is 2.48. The molecule has 0 aromatic heterocycles. The fourth-order valence-electron chi connectivity index (χ4n) is 4.84. The second-order valence-electron chi connectivity index (χ2n) is 10.2. The Bertz CT molecular complexity index is 1580. The fraction of sp³-hybridized carbons (Fsp3) is 0.344. The van der Waals surface area contributed by atoms with Crippen molar-refractivity contribution in [2.75, 3.05) is 14.2 Å². The first kappa shape index (κ1) is 38.8. The average Bonchev–Trinajstić information content (AvgIpc) is 3.03. The van der Waals surface area contributed by atoms with E-state index in [0.29, 0.717) is 26.4 Å². The number of ether oxygens (including phenoxy) is 5. The van der Waals surface area contributed by atoms with Crippen molar-refractivity contribution in [3.8, 4) is 0 Å². The Kier molecular flexibility index (Phi) is 11.4. The molecule has 3 rings (SSSR count). The molecule has 0 N–H and O–H groups in total. The normalized spacial score (nSPS) is 16.7. The van der Waals surface area contributed by atoms with Crippen molar-refractivity contribution in [3.63, 3.8) is 0 Å². The predicted octanol–water partition coefficient (Wildman–Crippen LogP) is 6.71. The van der Waals surface area contributed by atoms with Gasteiger partial charge in [-0.15, -0.1) is 0 Å². The number of esters is 3. The van der Waals surface area contributed by atoms with E-state index in [4.69, 9.17) is 4.74 Å². The van der Waals surface area contributed by atoms with Crippen LogP contribution in [0.1, 0.15) is 23.6 Å². The van der Waals surface area contributed by atoms with Crippen molar-refractivity contribution < 1.29 is 77.6 Å². The zero-order valence-electron chi connectivity index (χ0n) is 25.6. The summed E-state index contributed by atoms with van der Waals surface area (Å²) in [5.74, 6) is -8.14. The molecule has 0 fully saturated rings. The minimum Gasteiger partial charge on any atom is -0.457 e. The first-order valence-corrected chi connectivity index (χ1v) is 13.8. The first-order valence-electron chi connectivity index (χ1n) is 13.8. The minimum absolute atomic E-state index is 0.0354. The van der Waals surface area contributed by atoms with E-state index in [2.05, 4.69) is 18.9 Å². The summed E-state index contributed by atoms with van der Waals surface area (Å²) in [4.78, 5) is 40.3. The highest BCUT2D eigenvalue weighted by Gasteiger charge is 2.75. The van der Waals surface area contributed by atoms with E-state index in [1.807, 2.05) is 0 Å². The molecule has 3 aromatic rings. The topological polar surface area (TPSA) is 97.4 Å². The van der Waals surface area contributed by atoms with E-state index in [1.165, 1.54) is 42.5 Å². The van der Waals surface area contributed by atoms with Crippen molar-refractivity contribution in [2.45, 2.75) is 55.0 Å². The Balaban J connectivity index is 2.25. The van der Waals surface area contributed by atoms with Crippen LogP contribution in [0.2, 0.25) is 0 Å². The second-order valence-corrected chi connectivity index (χ2v) is 10.2. The van der Waals surface area contributed by atoms with Gasteiger partial charge < -0.3 is 23.7 Å². The van der Waals surface area contributed by atoms with Crippen molar-refractivity contribution in [1.82, 2.24) is 0 Å². The largest absolute Gasteiger partial charge is 0.457 e. The van der Waals surface area contributed by atoms with Gasteiger partial charge in [-0.2, -0.15) is 39.5 Å². The monoisotopic (exact) mass is 710 g/mol. The summed E-state index contributed by atoms with van der Waals surface area (Å²) in [5.41, 5.74) is -15.6. The third-order valence-corrected chi connectivity index (χ3v) is 7.39. The van der Waals surface area contributed by atoms with Gasteiger partial charge in [0, 0.05) is 25.3 Å². The van der Waals surface area contributed by atoms with E-state index < -0.39 is 77.1 Å². The van der Waals surface area contributed by atoms with E-state index in [9.17, 15) is 40.7 Å². The Morgan fingerprint density at radius 1 is 0.571 bits per heavy atom. The van der Waals surface area contributed by atoms with Crippen LogP contribution in [-0.4, -0.2) is 62.4 Å². The molecule has 0 saturated heterocycles. The molecule has 8 nitrogen and oxygen atoms in total. The number of methoxy groups -OCH3 is 2. The Morgan fingerprint density at radius 3 is 1.33 bits per heavy atom. The smallest absolute Gasteiger partial charge is 0.443 e. The van der Waals surface area contributed by atoms with Crippen LogP contribution in [0.5, 0.6) is 0 Å². The summed E-state index contributed by atoms with van der Waals surface area (Å²) in [6.07, 6.45) is -21.3. The molecule has 0 aliphatic carbocycles. The molecule has 0 aliphatic heterocycles. The van der Waals surface area contributed by atoms with Gasteiger partial charge in [-0.3, -0.25) is 0 Å². The number of rotatable bonds is 12. The molecule has 0 heterocycles. The SMILES string of the molecule is COC(C(=O)O[C@@H](C)[C@@](OC(=O)C(OC)(c1ccccc1)C(F)(F)F)(C(=O)OCc1ccccc1)C(F)(F)F)(c1ccccc1)C(F)(F)F. The fourth-order valence-corrected chi connectivity index (χ4v) is 4.84. The molecule has 49 heavy (non-hydrogen) atoms. The Morgan fingerprint density at radius 2 is 0.959 bits per heavy atom. The third-order valence-electron chi connectivity index (χ3n) is 7.39. The van der Waals surface area contributed by atoms with Crippen LogP contribution >= 0.6 is 0 Å². The number of carbonyl (C=O) groups is 3. The van der Waals surface area contributed by atoms with Gasteiger partial charge in [-0.1, -0.05) is 91.0 Å². The summed E-state index contributed by atoms with van der Waals surface area (Å²) in [6, 6.07) is 16.0. The minimum atomic E-state index is -6.32. The van der Waals surface area contributed by atoms with Gasteiger partial charge in [0.1, 0.15) is 6.61 Å². The summed E-state index contributed by atoms with van der Waals surface area (Å²) in [7, 11) is 0.692. The van der Waals surface area contributed by atoms with Gasteiger partial charge in [0.05, 0.1) is 0 Å². The van der Waals surface area contributed by atoms with E-state index >= 15 is 13.2 Å². The van der Waals surface area contributed by atoms with Crippen LogP contribution in [0.25, 0.3) is 0 Å². The zero-order chi connectivity index (χ0) is 36.9. The first-order chi connectivity index (χ1) is 22.8. The molecule has 3 aromatic carbocycles. The van der Waals surface area contributed by atoms with Crippen LogP contribution in [-0.2, 0) is 55.9 Å². The lowest BCUT2D eigenvalue weighted by molar-refractivity contribution is -0.321. The maximum atomic E-state index is 15.2. The molecule has 0 radical (unpaired) electrons. The third kappa shape index (κ3) is 7.08. The van der Waals surface area contributed by atoms with Gasteiger partial charge in [0.15, 0.2) is 6.10 Å². The molecule has 17 heteroatoms. The number of halogens is 9. The summed E-state index contributed by atoms with van der Waals surface area (Å²) < 4.78 is 156. The van der Waals surface area contributed by atoms with E-state index in [-0.39, 0.29) is 12.5 Å². The maximum Gasteiger partial charge on any atom is 0.443 e. The zero-order valence-corrected chi connectivity index (χ0v) is 25.6. The van der Waals surface area contributed by atoms with E-state index in [1.54, 1.807) is 0 Å². The van der Waals surface area contributed by atoms with Crippen LogP contribution in [0.3, 0.4) is 0 Å². The molecule has 4 atom stereocenters. The molecule has 0 aliphatic rings. The van der Waals surface area contributed by atoms with Gasteiger partial charge in [-0.25, -0.2) is 14.4 Å². The van der Waals surface area contributed by atoms with Gasteiger partial charge >= 0.3 is 42.0 Å². The van der Waals surface area contributed by atoms with E-state index in [0.717, 1.165) is 36.4 Å². The quantitative estimate of drug-likeness (QED) is 0.116.